The van der Waals surface area contributed by atoms with E-state index in [2.05, 4.69) is 28.4 Å². The summed E-state index contributed by atoms with van der Waals surface area (Å²) in [5, 5.41) is 1.19. The summed E-state index contributed by atoms with van der Waals surface area (Å²) in [6, 6.07) is 36.7. The summed E-state index contributed by atoms with van der Waals surface area (Å²) in [4.78, 5) is 8.25. The standard InChI is InChI=1S/C37H25N2.C19H15N2O.Ir/c1-4-15-28(16-5-1)31-21-10-11-23-33(31)34-24-14-26-36-37(34)39(27-38(36)30-19-8-3-9-20-30)35-25-13-12-22-32(35)29-17-6-2-7-18-29;1-11-9-17(20-10-12(11)2)16-6-4-5-14-15-8-7-13(3)21-19(15)22-18(14)16;/h1-19,21-26H;4-5,7-10H,1-3H3;/q2*-1;+3/i1D,2D,4D,5D,6D,7D,15D,16D,17D,18D;1D3,2D3,3D3;. The Bertz CT molecular complexity index is 4230. The Balaban J connectivity index is 0.000000213. The molecule has 7 aromatic carbocycles. The van der Waals surface area contributed by atoms with Crippen LogP contribution in [0, 0.1) is 39.0 Å². The van der Waals surface area contributed by atoms with Gasteiger partial charge >= 0.3 is 20.1 Å². The van der Waals surface area contributed by atoms with Gasteiger partial charge in [0.1, 0.15) is 0 Å². The fourth-order valence-corrected chi connectivity index (χ4v) is 7.24. The number of fused-ring (bicyclic) bond motifs is 4. The van der Waals surface area contributed by atoms with Gasteiger partial charge in [0.15, 0.2) is 0 Å². The molecule has 0 radical (unpaired) electrons. The van der Waals surface area contributed by atoms with Crippen molar-refractivity contribution in [1.29, 1.82) is 0 Å². The van der Waals surface area contributed by atoms with E-state index in [4.69, 9.17) is 30.5 Å². The number of hydrogen-bond donors (Lipinski definition) is 0. The minimum atomic E-state index is -2.67. The summed E-state index contributed by atoms with van der Waals surface area (Å²) in [5.41, 5.74) is 4.66. The maximum Gasteiger partial charge on any atom is 3.00 e. The van der Waals surface area contributed by atoms with E-state index in [1.807, 2.05) is 53.1 Å². The smallest absolute Gasteiger partial charge is 0.486 e. The first-order valence-electron chi connectivity index (χ1n) is 28.3. The van der Waals surface area contributed by atoms with E-state index in [0.29, 0.717) is 66.6 Å². The van der Waals surface area contributed by atoms with E-state index in [0.717, 1.165) is 6.20 Å². The molecule has 0 N–H and O–H groups in total. The largest absolute Gasteiger partial charge is 3.00 e. The Labute approximate surface area is 401 Å². The number of hydrogen-bond acceptors (Lipinski definition) is 3. The van der Waals surface area contributed by atoms with Crippen LogP contribution in [-0.2, 0) is 20.1 Å². The van der Waals surface area contributed by atoms with Crippen LogP contribution >= 0.6 is 0 Å². The summed E-state index contributed by atoms with van der Waals surface area (Å²) < 4.78 is 163. The number of aryl methyl sites for hydroxylation is 3. The molecular weight excluding hydrogens is 937 g/mol. The molecule has 11 rings (SSSR count). The molecule has 0 unspecified atom stereocenters. The van der Waals surface area contributed by atoms with E-state index in [9.17, 15) is 0 Å². The Kier molecular flexibility index (Phi) is 6.64. The molecular formula is C56H40IrN4O+. The van der Waals surface area contributed by atoms with Gasteiger partial charge in [-0.05, 0) is 89.1 Å². The quantitative estimate of drug-likeness (QED) is 0.123. The Hall–Kier alpha value is -7.24. The zero-order chi connectivity index (χ0) is 57.5. The molecule has 11 aromatic rings. The molecule has 0 saturated heterocycles. The number of nitrogens with zero attached hydrogens (tertiary/aromatic N) is 4. The van der Waals surface area contributed by atoms with Crippen molar-refractivity contribution in [3.8, 4) is 56.0 Å². The molecule has 4 heterocycles. The fourth-order valence-electron chi connectivity index (χ4n) is 7.24. The van der Waals surface area contributed by atoms with Crippen LogP contribution in [0.4, 0.5) is 0 Å². The second-order valence-corrected chi connectivity index (χ2v) is 13.6. The van der Waals surface area contributed by atoms with Gasteiger partial charge in [-0.1, -0.05) is 144 Å². The molecule has 0 aliphatic heterocycles. The number of pyridine rings is 2. The minimum Gasteiger partial charge on any atom is -0.486 e. The summed E-state index contributed by atoms with van der Waals surface area (Å²) in [5.74, 6) is 0. The van der Waals surface area contributed by atoms with Crippen LogP contribution < -0.4 is 4.57 Å². The zero-order valence-electron chi connectivity index (χ0n) is 51.2. The first-order chi connectivity index (χ1) is 37.8. The molecule has 0 fully saturated rings. The predicted octanol–water partition coefficient (Wildman–Crippen LogP) is 13.3. The van der Waals surface area contributed by atoms with Crippen molar-refractivity contribution < 1.29 is 55.1 Å². The van der Waals surface area contributed by atoms with Gasteiger partial charge in [0.2, 0.25) is 5.71 Å². The molecule has 0 aliphatic rings. The van der Waals surface area contributed by atoms with Crippen LogP contribution in [0.5, 0.6) is 0 Å². The van der Waals surface area contributed by atoms with Crippen LogP contribution in [-0.4, -0.2) is 14.5 Å². The van der Waals surface area contributed by atoms with Gasteiger partial charge in [-0.3, -0.25) is 4.57 Å². The Morgan fingerprint density at radius 1 is 0.645 bits per heavy atom. The zero-order valence-corrected chi connectivity index (χ0v) is 34.5. The number of aromatic nitrogens is 4. The van der Waals surface area contributed by atoms with Crippen molar-refractivity contribution in [2.75, 3.05) is 0 Å². The Morgan fingerprint density at radius 2 is 1.37 bits per heavy atom. The van der Waals surface area contributed by atoms with Gasteiger partial charge in [-0.15, -0.1) is 18.2 Å². The summed E-state index contributed by atoms with van der Waals surface area (Å²) in [6.45, 7) is -7.71. The van der Waals surface area contributed by atoms with Crippen molar-refractivity contribution in [2.45, 2.75) is 20.6 Å². The fraction of sp³-hybridized carbons (Fsp3) is 0.0536. The second-order valence-electron chi connectivity index (χ2n) is 13.6. The molecule has 6 heteroatoms. The first kappa shape index (κ1) is 23.7. The van der Waals surface area contributed by atoms with Gasteiger partial charge in [0, 0.05) is 29.6 Å². The minimum absolute atomic E-state index is 0. The molecule has 0 atom stereocenters. The van der Waals surface area contributed by atoms with Crippen LogP contribution in [0.2, 0.25) is 0 Å². The topological polar surface area (TPSA) is 47.7 Å². The van der Waals surface area contributed by atoms with Gasteiger partial charge < -0.3 is 14.0 Å². The number of para-hydroxylation sites is 3. The maximum absolute atomic E-state index is 8.74. The molecule has 5 nitrogen and oxygen atoms in total. The van der Waals surface area contributed by atoms with Gasteiger partial charge in [0.05, 0.1) is 36.0 Å². The van der Waals surface area contributed by atoms with Crippen LogP contribution in [0.1, 0.15) is 42.9 Å². The van der Waals surface area contributed by atoms with Crippen LogP contribution in [0.3, 0.4) is 0 Å². The third-order valence-corrected chi connectivity index (χ3v) is 9.97. The summed E-state index contributed by atoms with van der Waals surface area (Å²) in [7, 11) is 0. The first-order valence-corrected chi connectivity index (χ1v) is 18.8. The maximum atomic E-state index is 8.74. The van der Waals surface area contributed by atoms with Gasteiger partial charge in [-0.25, -0.2) is 4.98 Å². The number of benzene rings is 7. The average Bonchev–Trinajstić information content (AvgIpc) is 4.28. The predicted molar refractivity (Wildman–Crippen MR) is 247 cm³/mol. The monoisotopic (exact) mass is 996 g/mol. The molecule has 0 saturated carbocycles. The molecule has 0 amide bonds. The summed E-state index contributed by atoms with van der Waals surface area (Å²) in [6.07, 6.45) is 4.45. The van der Waals surface area contributed by atoms with E-state index in [1.54, 1.807) is 65.2 Å². The van der Waals surface area contributed by atoms with E-state index >= 15 is 0 Å². The van der Waals surface area contributed by atoms with Crippen molar-refractivity contribution >= 4 is 33.1 Å². The molecule has 298 valence electrons. The van der Waals surface area contributed by atoms with Crippen molar-refractivity contribution in [1.82, 2.24) is 14.5 Å². The van der Waals surface area contributed by atoms with Crippen LogP contribution in [0.25, 0.3) is 89.1 Å². The third-order valence-electron chi connectivity index (χ3n) is 9.97. The number of rotatable bonds is 6. The van der Waals surface area contributed by atoms with Crippen molar-refractivity contribution in [2.24, 2.45) is 0 Å². The molecule has 0 aliphatic carbocycles. The number of furan rings is 1. The van der Waals surface area contributed by atoms with Crippen LogP contribution in [0.15, 0.2) is 192 Å². The molecule has 62 heavy (non-hydrogen) atoms. The van der Waals surface area contributed by atoms with Crippen molar-refractivity contribution in [3.05, 3.63) is 223 Å². The SMILES string of the molecule is [2H]C([2H])([2H])c1ccc2c(n1)oc1c(-c3cc(C([2H])([2H])[2H])c(C([2H])([2H])[2H])cn3)[c-]ccc12.[2H]c1c([2H])c([2H])c(-c2ccccc2-c2cccc3c2[n+](-c2ccccc2-c2c([2H])c([2H])c([2H])c([2H])c2[2H])[c-]n3-c2[c-]cccc2)c([2H])c1[2H].[Ir+3]. The van der Waals surface area contributed by atoms with E-state index in [-0.39, 0.29) is 83.6 Å². The summed E-state index contributed by atoms with van der Waals surface area (Å²) >= 11 is 0. The van der Waals surface area contributed by atoms with E-state index in [1.165, 1.54) is 12.1 Å². The molecule has 4 aromatic heterocycles. The third kappa shape index (κ3) is 7.56. The Morgan fingerprint density at radius 3 is 2.13 bits per heavy atom. The van der Waals surface area contributed by atoms with Gasteiger partial charge in [0.25, 0.3) is 6.33 Å². The van der Waals surface area contributed by atoms with Gasteiger partial charge in [-0.2, -0.15) is 30.3 Å². The number of imidazole rings is 1. The molecule has 0 bridgehead atoms. The van der Waals surface area contributed by atoms with Crippen molar-refractivity contribution in [3.63, 3.8) is 0 Å². The second kappa shape index (κ2) is 17.4. The average molecular weight is 996 g/mol. The van der Waals surface area contributed by atoms with E-state index < -0.39 is 56.8 Å². The molecule has 0 spiro atoms. The normalized spacial score (nSPS) is 16.0.